The van der Waals surface area contributed by atoms with Crippen LogP contribution in [-0.2, 0) is 0 Å². The predicted molar refractivity (Wildman–Crippen MR) is 138 cm³/mol. The van der Waals surface area contributed by atoms with E-state index < -0.39 is 5.91 Å². The molecule has 5 rings (SSSR count). The molecular formula is C27H24Cl2FN3O. The van der Waals surface area contributed by atoms with Gasteiger partial charge in [0.05, 0.1) is 11.4 Å². The summed E-state index contributed by atoms with van der Waals surface area (Å²) in [6, 6.07) is 15.5. The standard InChI is InChI=1S/C27H24Cl2FN3O/c1-15(21-12-20(28)5-7-24(21)30)32(2)25-8-4-16(11-26(25)33-13-18-9-19(18)14-33)22-10-17(27(31)34)3-6-23(22)29/h3-8,10-12,18-19H,1,9,13-14H2,2H3,(H2,31,34). The van der Waals surface area contributed by atoms with Crippen molar-refractivity contribution in [3.05, 3.63) is 88.2 Å². The van der Waals surface area contributed by atoms with E-state index in [1.807, 2.05) is 24.1 Å². The van der Waals surface area contributed by atoms with Gasteiger partial charge in [0.2, 0.25) is 5.91 Å². The summed E-state index contributed by atoms with van der Waals surface area (Å²) >= 11 is 12.6. The van der Waals surface area contributed by atoms with Crippen LogP contribution in [0.2, 0.25) is 10.0 Å². The number of primary amides is 1. The van der Waals surface area contributed by atoms with Crippen LogP contribution in [0.3, 0.4) is 0 Å². The smallest absolute Gasteiger partial charge is 0.248 e. The van der Waals surface area contributed by atoms with E-state index in [0.29, 0.717) is 26.9 Å². The Morgan fingerprint density at radius 3 is 2.53 bits per heavy atom. The lowest BCUT2D eigenvalue weighted by molar-refractivity contribution is 0.100. The maximum atomic E-state index is 14.6. The molecule has 0 radical (unpaired) electrons. The molecule has 0 spiro atoms. The molecule has 7 heteroatoms. The highest BCUT2D eigenvalue weighted by Gasteiger charge is 2.45. The molecule has 3 aromatic rings. The third-order valence-electron chi connectivity index (χ3n) is 6.86. The minimum Gasteiger partial charge on any atom is -0.369 e. The lowest BCUT2D eigenvalue weighted by Crippen LogP contribution is -2.25. The number of anilines is 2. The van der Waals surface area contributed by atoms with Crippen molar-refractivity contribution in [1.82, 2.24) is 0 Å². The monoisotopic (exact) mass is 495 g/mol. The number of benzene rings is 3. The van der Waals surface area contributed by atoms with Crippen molar-refractivity contribution in [2.24, 2.45) is 17.6 Å². The highest BCUT2D eigenvalue weighted by Crippen LogP contribution is 2.49. The lowest BCUT2D eigenvalue weighted by atomic mass is 10.0. The van der Waals surface area contributed by atoms with E-state index in [1.165, 1.54) is 18.6 Å². The first-order valence-corrected chi connectivity index (χ1v) is 11.9. The Hall–Kier alpha value is -3.02. The molecule has 1 saturated heterocycles. The number of fused-ring (bicyclic) bond motifs is 1. The zero-order valence-corrected chi connectivity index (χ0v) is 20.2. The highest BCUT2D eigenvalue weighted by molar-refractivity contribution is 6.33. The number of hydrogen-bond acceptors (Lipinski definition) is 3. The predicted octanol–water partition coefficient (Wildman–Crippen LogP) is 6.46. The first kappa shape index (κ1) is 22.8. The van der Waals surface area contributed by atoms with Crippen molar-refractivity contribution < 1.29 is 9.18 Å². The van der Waals surface area contributed by atoms with Gasteiger partial charge in [-0.25, -0.2) is 4.39 Å². The Morgan fingerprint density at radius 1 is 1.09 bits per heavy atom. The second kappa shape index (κ2) is 8.64. The summed E-state index contributed by atoms with van der Waals surface area (Å²) in [4.78, 5) is 16.0. The highest BCUT2D eigenvalue weighted by atomic mass is 35.5. The summed E-state index contributed by atoms with van der Waals surface area (Å²) in [6.45, 7) is 6.11. The van der Waals surface area contributed by atoms with E-state index in [0.717, 1.165) is 47.4 Å². The van der Waals surface area contributed by atoms with Gasteiger partial charge in [-0.3, -0.25) is 4.79 Å². The number of rotatable bonds is 6. The quantitative estimate of drug-likeness (QED) is 0.426. The number of amides is 1. The molecule has 2 N–H and O–H groups in total. The van der Waals surface area contributed by atoms with Gasteiger partial charge in [0.15, 0.2) is 0 Å². The molecule has 1 amide bonds. The molecule has 1 aliphatic heterocycles. The summed E-state index contributed by atoms with van der Waals surface area (Å²) < 4.78 is 14.6. The molecule has 0 bridgehead atoms. The van der Waals surface area contributed by atoms with Gasteiger partial charge >= 0.3 is 0 Å². The number of hydrogen-bond donors (Lipinski definition) is 1. The van der Waals surface area contributed by atoms with E-state index in [1.54, 1.807) is 24.3 Å². The van der Waals surface area contributed by atoms with Gasteiger partial charge in [-0.1, -0.05) is 35.8 Å². The van der Waals surface area contributed by atoms with Crippen LogP contribution in [-0.4, -0.2) is 26.0 Å². The lowest BCUT2D eigenvalue weighted by Gasteiger charge is -2.30. The van der Waals surface area contributed by atoms with Crippen molar-refractivity contribution in [2.75, 3.05) is 29.9 Å². The summed E-state index contributed by atoms with van der Waals surface area (Å²) in [5.74, 6) is 0.556. The third-order valence-corrected chi connectivity index (χ3v) is 7.43. The normalized spacial score (nSPS) is 18.5. The topological polar surface area (TPSA) is 49.6 Å². The van der Waals surface area contributed by atoms with Crippen LogP contribution in [0, 0.1) is 17.7 Å². The number of nitrogens with two attached hydrogens (primary N) is 1. The fraction of sp³-hybridized carbons (Fsp3) is 0.222. The second-order valence-electron chi connectivity index (χ2n) is 9.05. The Morgan fingerprint density at radius 2 is 1.82 bits per heavy atom. The molecule has 0 aromatic heterocycles. The number of piperidine rings is 1. The van der Waals surface area contributed by atoms with Gasteiger partial charge in [-0.2, -0.15) is 0 Å². The van der Waals surface area contributed by atoms with Crippen LogP contribution in [0.25, 0.3) is 16.8 Å². The van der Waals surface area contributed by atoms with E-state index in [2.05, 4.69) is 17.5 Å². The molecule has 34 heavy (non-hydrogen) atoms. The van der Waals surface area contributed by atoms with Gasteiger partial charge in [0.25, 0.3) is 0 Å². The van der Waals surface area contributed by atoms with Gasteiger partial charge in [0, 0.05) is 52.6 Å². The molecule has 1 saturated carbocycles. The number of nitrogens with zero attached hydrogens (tertiary/aromatic N) is 2. The van der Waals surface area contributed by atoms with Crippen molar-refractivity contribution >= 4 is 46.2 Å². The Kier molecular flexibility index (Phi) is 5.78. The molecule has 174 valence electrons. The van der Waals surface area contributed by atoms with E-state index in [-0.39, 0.29) is 5.82 Å². The Labute approximate surface area is 208 Å². The number of halogens is 3. The first-order valence-electron chi connectivity index (χ1n) is 11.1. The third kappa shape index (κ3) is 4.15. The maximum Gasteiger partial charge on any atom is 0.248 e. The van der Waals surface area contributed by atoms with E-state index >= 15 is 0 Å². The summed E-state index contributed by atoms with van der Waals surface area (Å²) in [6.07, 6.45) is 1.27. The van der Waals surface area contributed by atoms with Gasteiger partial charge in [-0.05, 0) is 72.4 Å². The Balaban J connectivity index is 1.58. The van der Waals surface area contributed by atoms with Gasteiger partial charge in [0.1, 0.15) is 5.82 Å². The van der Waals surface area contributed by atoms with Crippen molar-refractivity contribution in [3.8, 4) is 11.1 Å². The number of carbonyl (C=O) groups is 1. The average Bonchev–Trinajstić information content (AvgIpc) is 3.44. The molecule has 2 aliphatic rings. The zero-order chi connectivity index (χ0) is 24.1. The molecule has 2 fully saturated rings. The van der Waals surface area contributed by atoms with E-state index in [4.69, 9.17) is 28.9 Å². The molecule has 2 unspecified atom stereocenters. The van der Waals surface area contributed by atoms with Crippen molar-refractivity contribution in [1.29, 1.82) is 0 Å². The summed E-state index contributed by atoms with van der Waals surface area (Å²) in [5.41, 5.74) is 10.3. The fourth-order valence-corrected chi connectivity index (χ4v) is 5.17. The molecular weight excluding hydrogens is 472 g/mol. The molecule has 1 aliphatic carbocycles. The van der Waals surface area contributed by atoms with Gasteiger partial charge in [-0.15, -0.1) is 0 Å². The minimum atomic E-state index is -0.506. The summed E-state index contributed by atoms with van der Waals surface area (Å²) in [5, 5.41) is 0.983. The molecule has 1 heterocycles. The maximum absolute atomic E-state index is 14.6. The molecule has 3 aromatic carbocycles. The average molecular weight is 496 g/mol. The van der Waals surface area contributed by atoms with Crippen LogP contribution in [0.15, 0.2) is 61.2 Å². The zero-order valence-electron chi connectivity index (χ0n) is 18.7. The molecule has 2 atom stereocenters. The number of carbonyl (C=O) groups excluding carboxylic acids is 1. The first-order chi connectivity index (χ1) is 16.2. The Bertz CT molecular complexity index is 1320. The molecule has 4 nitrogen and oxygen atoms in total. The summed E-state index contributed by atoms with van der Waals surface area (Å²) in [7, 11) is 1.87. The van der Waals surface area contributed by atoms with Crippen LogP contribution in [0.4, 0.5) is 15.8 Å². The fourth-order valence-electron chi connectivity index (χ4n) is 4.77. The van der Waals surface area contributed by atoms with Crippen molar-refractivity contribution in [3.63, 3.8) is 0 Å². The van der Waals surface area contributed by atoms with Crippen molar-refractivity contribution in [2.45, 2.75) is 6.42 Å². The minimum absolute atomic E-state index is 0.353. The second-order valence-corrected chi connectivity index (χ2v) is 9.90. The van der Waals surface area contributed by atoms with Gasteiger partial charge < -0.3 is 15.5 Å². The largest absolute Gasteiger partial charge is 0.369 e. The van der Waals surface area contributed by atoms with Crippen LogP contribution >= 0.6 is 23.2 Å². The van der Waals surface area contributed by atoms with E-state index in [9.17, 15) is 9.18 Å². The van der Waals surface area contributed by atoms with Crippen LogP contribution in [0.1, 0.15) is 22.3 Å². The SMILES string of the molecule is C=C(c1cc(Cl)ccc1F)N(C)c1ccc(-c2cc(C(N)=O)ccc2Cl)cc1N1CC2CC2C1. The van der Waals surface area contributed by atoms with Crippen LogP contribution < -0.4 is 15.5 Å². The van der Waals surface area contributed by atoms with Crippen LogP contribution in [0.5, 0.6) is 0 Å².